The summed E-state index contributed by atoms with van der Waals surface area (Å²) in [7, 11) is -1.18. The molecule has 0 saturated carbocycles. The van der Waals surface area contributed by atoms with Crippen LogP contribution in [0.1, 0.15) is 28.3 Å². The molecule has 190 valence electrons. The second-order valence-corrected chi connectivity index (χ2v) is 10.2. The van der Waals surface area contributed by atoms with Crippen molar-refractivity contribution in [3.05, 3.63) is 76.9 Å². The lowest BCUT2D eigenvalue weighted by Crippen LogP contribution is -2.39. The number of alkyl halides is 2. The topological polar surface area (TPSA) is 74.3 Å². The van der Waals surface area contributed by atoms with Gasteiger partial charge in [0.15, 0.2) is 23.0 Å². The molecule has 0 radical (unpaired) electrons. The third-order valence-electron chi connectivity index (χ3n) is 6.65. The number of benzene rings is 3. The molecule has 0 amide bonds. The first-order chi connectivity index (χ1) is 17.3. The molecule has 36 heavy (non-hydrogen) atoms. The molecule has 1 atom stereocenters. The second-order valence-electron chi connectivity index (χ2n) is 8.61. The van der Waals surface area contributed by atoms with Crippen molar-refractivity contribution in [2.24, 2.45) is 0 Å². The van der Waals surface area contributed by atoms with E-state index in [-0.39, 0.29) is 28.2 Å². The van der Waals surface area contributed by atoms with E-state index < -0.39 is 16.7 Å². The van der Waals surface area contributed by atoms with E-state index in [0.717, 1.165) is 22.3 Å². The predicted molar refractivity (Wildman–Crippen MR) is 127 cm³/mol. The van der Waals surface area contributed by atoms with Crippen LogP contribution in [0.3, 0.4) is 0 Å². The van der Waals surface area contributed by atoms with Crippen molar-refractivity contribution >= 4 is 10.1 Å². The fourth-order valence-corrected chi connectivity index (χ4v) is 5.95. The van der Waals surface area contributed by atoms with Crippen LogP contribution in [0, 0.1) is 0 Å². The third kappa shape index (κ3) is 4.46. The van der Waals surface area contributed by atoms with Gasteiger partial charge in [0.2, 0.25) is 0 Å². The fraction of sp³-hybridized carbons (Fsp3) is 0.308. The van der Waals surface area contributed by atoms with E-state index in [9.17, 15) is 17.2 Å². The number of ether oxygens (including phenoxy) is 3. The largest absolute Gasteiger partial charge is 0.493 e. The summed E-state index contributed by atoms with van der Waals surface area (Å²) in [4.78, 5) is 2.28. The van der Waals surface area contributed by atoms with Crippen molar-refractivity contribution in [3.8, 4) is 23.0 Å². The van der Waals surface area contributed by atoms with Crippen LogP contribution < -0.4 is 18.4 Å². The lowest BCUT2D eigenvalue weighted by Gasteiger charge is -2.42. The van der Waals surface area contributed by atoms with Gasteiger partial charge in [-0.05, 0) is 59.9 Å². The Labute approximate surface area is 208 Å². The number of nitrogens with zero attached hydrogens (tertiary/aromatic N) is 1. The van der Waals surface area contributed by atoms with E-state index in [2.05, 4.69) is 9.64 Å². The molecule has 2 aliphatic rings. The van der Waals surface area contributed by atoms with E-state index in [1.165, 1.54) is 26.4 Å². The highest BCUT2D eigenvalue weighted by molar-refractivity contribution is 7.87. The number of halogens is 2. The van der Waals surface area contributed by atoms with Crippen molar-refractivity contribution in [1.29, 1.82) is 0 Å². The summed E-state index contributed by atoms with van der Waals surface area (Å²) in [6.45, 7) is -1.85. The van der Waals surface area contributed by atoms with Crippen LogP contribution in [0.15, 0.2) is 59.5 Å². The fourth-order valence-electron chi connectivity index (χ4n) is 4.96. The van der Waals surface area contributed by atoms with Gasteiger partial charge in [-0.3, -0.25) is 4.90 Å². The van der Waals surface area contributed by atoms with Gasteiger partial charge in [-0.2, -0.15) is 17.2 Å². The van der Waals surface area contributed by atoms with Gasteiger partial charge in [-0.25, -0.2) is 0 Å². The second kappa shape index (κ2) is 9.59. The number of fused-ring (bicyclic) bond motifs is 4. The first-order valence-electron chi connectivity index (χ1n) is 11.4. The van der Waals surface area contributed by atoms with Gasteiger partial charge in [-0.15, -0.1) is 0 Å². The maximum absolute atomic E-state index is 13.0. The lowest BCUT2D eigenvalue weighted by atomic mass is 9.83. The minimum atomic E-state index is -4.07. The average Bonchev–Trinajstić information content (AvgIpc) is 2.87. The van der Waals surface area contributed by atoms with Crippen LogP contribution in [0.25, 0.3) is 0 Å². The zero-order valence-electron chi connectivity index (χ0n) is 19.7. The van der Waals surface area contributed by atoms with Gasteiger partial charge >= 0.3 is 16.7 Å². The molecule has 0 bridgehead atoms. The average molecular weight is 518 g/mol. The van der Waals surface area contributed by atoms with E-state index in [1.807, 2.05) is 6.07 Å². The first kappa shape index (κ1) is 24.3. The predicted octanol–water partition coefficient (Wildman–Crippen LogP) is 4.73. The molecule has 5 rings (SSSR count). The summed E-state index contributed by atoms with van der Waals surface area (Å²) >= 11 is 0. The highest BCUT2D eigenvalue weighted by Crippen LogP contribution is 2.46. The molecule has 2 aliphatic heterocycles. The standard InChI is InChI=1S/C26H25F2NO6S/c1-32-22-9-8-16-12-21-19-14-23(33-2)24(34-26(27)28)13-17(19)10-11-29(21)15-20(16)25(22)35-36(30,31)18-6-4-3-5-7-18/h3-9,13-14,21,26H,10-12,15H2,1-2H3. The van der Waals surface area contributed by atoms with Crippen LogP contribution in [-0.2, 0) is 29.5 Å². The molecule has 0 aromatic heterocycles. The van der Waals surface area contributed by atoms with Crippen LogP contribution in [0.2, 0.25) is 0 Å². The summed E-state index contributed by atoms with van der Waals surface area (Å²) in [6, 6.07) is 14.9. The van der Waals surface area contributed by atoms with Crippen molar-refractivity contribution in [1.82, 2.24) is 4.90 Å². The number of rotatable bonds is 7. The Morgan fingerprint density at radius 2 is 1.69 bits per heavy atom. The molecular formula is C26H25F2NO6S. The van der Waals surface area contributed by atoms with Gasteiger partial charge in [-0.1, -0.05) is 24.3 Å². The van der Waals surface area contributed by atoms with Crippen molar-refractivity contribution in [2.45, 2.75) is 36.9 Å². The first-order valence-corrected chi connectivity index (χ1v) is 12.8. The van der Waals surface area contributed by atoms with Gasteiger partial charge < -0.3 is 18.4 Å². The van der Waals surface area contributed by atoms with Gasteiger partial charge in [0.1, 0.15) is 4.90 Å². The summed E-state index contributed by atoms with van der Waals surface area (Å²) in [6.07, 6.45) is 1.19. The SMILES string of the molecule is COc1cc2c(cc1OC(F)F)CCN1Cc3c(ccc(OC)c3OS(=O)(=O)c3ccccc3)CC21. The molecule has 2 heterocycles. The van der Waals surface area contributed by atoms with Crippen LogP contribution in [0.4, 0.5) is 8.78 Å². The highest BCUT2D eigenvalue weighted by atomic mass is 32.2. The molecule has 0 spiro atoms. The van der Waals surface area contributed by atoms with Crippen molar-refractivity contribution < 1.29 is 35.6 Å². The van der Waals surface area contributed by atoms with Crippen LogP contribution in [-0.4, -0.2) is 40.7 Å². The smallest absolute Gasteiger partial charge is 0.387 e. The van der Waals surface area contributed by atoms with E-state index in [4.69, 9.17) is 13.7 Å². The molecule has 0 N–H and O–H groups in total. The van der Waals surface area contributed by atoms with E-state index >= 15 is 0 Å². The Bertz CT molecular complexity index is 1380. The summed E-state index contributed by atoms with van der Waals surface area (Å²) in [5.74, 6) is 0.776. The van der Waals surface area contributed by atoms with Gasteiger partial charge in [0.25, 0.3) is 0 Å². The monoisotopic (exact) mass is 517 g/mol. The van der Waals surface area contributed by atoms with Gasteiger partial charge in [0.05, 0.1) is 14.2 Å². The van der Waals surface area contributed by atoms with Crippen LogP contribution in [0.5, 0.6) is 23.0 Å². The van der Waals surface area contributed by atoms with E-state index in [1.54, 1.807) is 36.4 Å². The Morgan fingerprint density at radius 1 is 0.944 bits per heavy atom. The van der Waals surface area contributed by atoms with E-state index in [0.29, 0.717) is 31.7 Å². The molecule has 0 saturated heterocycles. The minimum absolute atomic E-state index is 0.0162. The number of hydrogen-bond acceptors (Lipinski definition) is 7. The molecule has 0 aliphatic carbocycles. The highest BCUT2D eigenvalue weighted by Gasteiger charge is 2.36. The van der Waals surface area contributed by atoms with Crippen LogP contribution >= 0.6 is 0 Å². The Hall–Kier alpha value is -3.37. The quantitative estimate of drug-likeness (QED) is 0.420. The van der Waals surface area contributed by atoms with Crippen molar-refractivity contribution in [2.75, 3.05) is 20.8 Å². The number of methoxy groups -OCH3 is 2. The molecule has 1 unspecified atom stereocenters. The van der Waals surface area contributed by atoms with Crippen molar-refractivity contribution in [3.63, 3.8) is 0 Å². The molecule has 3 aromatic carbocycles. The molecule has 0 fully saturated rings. The molecular weight excluding hydrogens is 492 g/mol. The zero-order chi connectivity index (χ0) is 25.4. The zero-order valence-corrected chi connectivity index (χ0v) is 20.6. The minimum Gasteiger partial charge on any atom is -0.493 e. The maximum Gasteiger partial charge on any atom is 0.387 e. The maximum atomic E-state index is 13.0. The molecule has 7 nitrogen and oxygen atoms in total. The molecule has 10 heteroatoms. The summed E-state index contributed by atoms with van der Waals surface area (Å²) in [5.41, 5.74) is 3.57. The number of hydrogen-bond donors (Lipinski definition) is 0. The molecule has 3 aromatic rings. The lowest BCUT2D eigenvalue weighted by molar-refractivity contribution is -0.0513. The Balaban J connectivity index is 1.52. The Morgan fingerprint density at radius 3 is 2.39 bits per heavy atom. The van der Waals surface area contributed by atoms with Gasteiger partial charge in [0, 0.05) is 24.7 Å². The summed E-state index contributed by atoms with van der Waals surface area (Å²) in [5, 5.41) is 0. The Kier molecular flexibility index (Phi) is 6.48. The normalized spacial score (nSPS) is 17.1. The summed E-state index contributed by atoms with van der Waals surface area (Å²) < 4.78 is 72.9. The third-order valence-corrected chi connectivity index (χ3v) is 7.89.